The fourth-order valence-corrected chi connectivity index (χ4v) is 5.59. The van der Waals surface area contributed by atoms with Crippen molar-refractivity contribution >= 4 is 15.9 Å². The van der Waals surface area contributed by atoms with Gasteiger partial charge in [0.25, 0.3) is 0 Å². The van der Waals surface area contributed by atoms with E-state index in [0.717, 1.165) is 22.4 Å². The molecule has 0 radical (unpaired) electrons. The average molecular weight is 460 g/mol. The van der Waals surface area contributed by atoms with E-state index in [1.54, 1.807) is 11.0 Å². The molecule has 2 aromatic carbocycles. The highest BCUT2D eigenvalue weighted by Crippen LogP contribution is 2.22. The molecule has 0 aliphatic carbocycles. The Morgan fingerprint density at radius 2 is 1.69 bits per heavy atom. The SMILES string of the molecule is CCOc1ccc(CN(C)CC(=O)N2CCN(S(=O)(=O)c3ccc(C)cc3C)CC2)cc1. The third-order valence-corrected chi connectivity index (χ3v) is 7.69. The van der Waals surface area contributed by atoms with Crippen LogP contribution < -0.4 is 4.74 Å². The van der Waals surface area contributed by atoms with Crippen LogP contribution in [0.1, 0.15) is 23.6 Å². The molecular formula is C24H33N3O4S. The Hall–Kier alpha value is -2.42. The lowest BCUT2D eigenvalue weighted by atomic mass is 10.2. The lowest BCUT2D eigenvalue weighted by Gasteiger charge is -2.35. The standard InChI is InChI=1S/C24H33N3O4S/c1-5-31-22-9-7-21(8-10-22)17-25(4)18-24(28)26-12-14-27(15-13-26)32(29,30)23-11-6-19(2)16-20(23)3/h6-11,16H,5,12-15,17-18H2,1-4H3. The number of ether oxygens (including phenoxy) is 1. The molecule has 1 heterocycles. The van der Waals surface area contributed by atoms with Crippen molar-refractivity contribution in [3.05, 3.63) is 59.2 Å². The van der Waals surface area contributed by atoms with Gasteiger partial charge in [-0.3, -0.25) is 9.69 Å². The van der Waals surface area contributed by atoms with Crippen LogP contribution in [0.3, 0.4) is 0 Å². The molecule has 0 aromatic heterocycles. The van der Waals surface area contributed by atoms with Crippen LogP contribution in [0.4, 0.5) is 0 Å². The van der Waals surface area contributed by atoms with E-state index in [4.69, 9.17) is 4.74 Å². The Labute approximate surface area is 191 Å². The Morgan fingerprint density at radius 1 is 1.03 bits per heavy atom. The molecule has 174 valence electrons. The predicted octanol–water partition coefficient (Wildman–Crippen LogP) is 2.67. The minimum absolute atomic E-state index is 0.0157. The molecule has 0 spiro atoms. The van der Waals surface area contributed by atoms with Crippen LogP contribution >= 0.6 is 0 Å². The number of nitrogens with zero attached hydrogens (tertiary/aromatic N) is 3. The number of sulfonamides is 1. The van der Waals surface area contributed by atoms with Crippen molar-refractivity contribution in [3.8, 4) is 5.75 Å². The van der Waals surface area contributed by atoms with E-state index in [0.29, 0.717) is 44.2 Å². The van der Waals surface area contributed by atoms with Crippen LogP contribution in [0, 0.1) is 13.8 Å². The molecular weight excluding hydrogens is 426 g/mol. The van der Waals surface area contributed by atoms with Gasteiger partial charge in [-0.2, -0.15) is 4.31 Å². The summed E-state index contributed by atoms with van der Waals surface area (Å²) in [5.41, 5.74) is 2.89. The minimum Gasteiger partial charge on any atom is -0.494 e. The zero-order valence-corrected chi connectivity index (χ0v) is 20.2. The van der Waals surface area contributed by atoms with Gasteiger partial charge in [0.2, 0.25) is 15.9 Å². The van der Waals surface area contributed by atoms with Crippen molar-refractivity contribution < 1.29 is 17.9 Å². The summed E-state index contributed by atoms with van der Waals surface area (Å²) in [6, 6.07) is 13.2. The molecule has 0 N–H and O–H groups in total. The van der Waals surface area contributed by atoms with Gasteiger partial charge in [-0.05, 0) is 57.1 Å². The largest absolute Gasteiger partial charge is 0.494 e. The highest BCUT2D eigenvalue weighted by Gasteiger charge is 2.31. The number of carbonyl (C=O) groups excluding carboxylic acids is 1. The van der Waals surface area contributed by atoms with Gasteiger partial charge >= 0.3 is 0 Å². The van der Waals surface area contributed by atoms with Gasteiger partial charge in [0.05, 0.1) is 18.0 Å². The summed E-state index contributed by atoms with van der Waals surface area (Å²) in [5, 5.41) is 0. The molecule has 32 heavy (non-hydrogen) atoms. The smallest absolute Gasteiger partial charge is 0.243 e. The van der Waals surface area contributed by atoms with Gasteiger partial charge in [-0.25, -0.2) is 8.42 Å². The minimum atomic E-state index is -3.56. The van der Waals surface area contributed by atoms with E-state index in [1.165, 1.54) is 4.31 Å². The number of carbonyl (C=O) groups is 1. The van der Waals surface area contributed by atoms with Gasteiger partial charge in [0.15, 0.2) is 0 Å². The molecule has 0 unspecified atom stereocenters. The lowest BCUT2D eigenvalue weighted by molar-refractivity contribution is -0.133. The molecule has 0 bridgehead atoms. The van der Waals surface area contributed by atoms with Crippen molar-refractivity contribution in [1.82, 2.24) is 14.1 Å². The molecule has 1 amide bonds. The summed E-state index contributed by atoms with van der Waals surface area (Å²) in [5.74, 6) is 0.852. The van der Waals surface area contributed by atoms with Gasteiger partial charge in [0.1, 0.15) is 5.75 Å². The fourth-order valence-electron chi connectivity index (χ4n) is 3.96. The molecule has 0 saturated carbocycles. The van der Waals surface area contributed by atoms with E-state index in [2.05, 4.69) is 0 Å². The molecule has 7 nitrogen and oxygen atoms in total. The number of aryl methyl sites for hydroxylation is 2. The summed E-state index contributed by atoms with van der Waals surface area (Å²) in [7, 11) is -1.64. The molecule has 0 atom stereocenters. The lowest BCUT2D eigenvalue weighted by Crippen LogP contribution is -2.52. The fraction of sp³-hybridized carbons (Fsp3) is 0.458. The quantitative estimate of drug-likeness (QED) is 0.607. The molecule has 1 fully saturated rings. The van der Waals surface area contributed by atoms with Crippen LogP contribution in [0.2, 0.25) is 0 Å². The van der Waals surface area contributed by atoms with Crippen LogP contribution in [-0.2, 0) is 21.4 Å². The maximum absolute atomic E-state index is 13.0. The van der Waals surface area contributed by atoms with Crippen LogP contribution in [0.15, 0.2) is 47.4 Å². The summed E-state index contributed by atoms with van der Waals surface area (Å²) in [6.45, 7) is 8.71. The first kappa shape index (κ1) is 24.2. The summed E-state index contributed by atoms with van der Waals surface area (Å²) in [6.07, 6.45) is 0. The Bertz CT molecular complexity index is 1030. The summed E-state index contributed by atoms with van der Waals surface area (Å²) in [4.78, 5) is 16.8. The molecule has 1 aliphatic heterocycles. The maximum atomic E-state index is 13.0. The van der Waals surface area contributed by atoms with E-state index >= 15 is 0 Å². The van der Waals surface area contributed by atoms with Gasteiger partial charge in [-0.15, -0.1) is 0 Å². The first-order valence-corrected chi connectivity index (χ1v) is 12.4. The number of hydrogen-bond donors (Lipinski definition) is 0. The normalized spacial score (nSPS) is 15.2. The summed E-state index contributed by atoms with van der Waals surface area (Å²) < 4.78 is 33.0. The predicted molar refractivity (Wildman–Crippen MR) is 125 cm³/mol. The third-order valence-electron chi connectivity index (χ3n) is 5.63. The second kappa shape index (κ2) is 10.5. The number of hydrogen-bond acceptors (Lipinski definition) is 5. The highest BCUT2D eigenvalue weighted by atomic mass is 32.2. The van der Waals surface area contributed by atoms with Crippen molar-refractivity contribution in [2.75, 3.05) is 46.4 Å². The van der Waals surface area contributed by atoms with Gasteiger partial charge < -0.3 is 9.64 Å². The number of likely N-dealkylation sites (N-methyl/N-ethyl adjacent to an activating group) is 1. The number of amides is 1. The second-order valence-corrected chi connectivity index (χ2v) is 10.2. The number of rotatable bonds is 8. The van der Waals surface area contributed by atoms with E-state index in [1.807, 2.05) is 69.1 Å². The van der Waals surface area contributed by atoms with E-state index in [-0.39, 0.29) is 12.5 Å². The zero-order valence-electron chi connectivity index (χ0n) is 19.4. The van der Waals surface area contributed by atoms with Gasteiger partial charge in [0, 0.05) is 32.7 Å². The van der Waals surface area contributed by atoms with Crippen molar-refractivity contribution in [2.45, 2.75) is 32.2 Å². The highest BCUT2D eigenvalue weighted by molar-refractivity contribution is 7.89. The summed E-state index contributed by atoms with van der Waals surface area (Å²) >= 11 is 0. The van der Waals surface area contributed by atoms with E-state index < -0.39 is 10.0 Å². The first-order valence-electron chi connectivity index (χ1n) is 11.0. The number of benzene rings is 2. The first-order chi connectivity index (χ1) is 15.2. The van der Waals surface area contributed by atoms with Crippen LogP contribution in [0.25, 0.3) is 0 Å². The Kier molecular flexibility index (Phi) is 7.92. The molecule has 8 heteroatoms. The zero-order chi connectivity index (χ0) is 23.3. The van der Waals surface area contributed by atoms with Crippen LogP contribution in [0.5, 0.6) is 5.75 Å². The topological polar surface area (TPSA) is 70.2 Å². The number of piperazine rings is 1. The molecule has 3 rings (SSSR count). The monoisotopic (exact) mass is 459 g/mol. The molecule has 1 aliphatic rings. The van der Waals surface area contributed by atoms with Crippen molar-refractivity contribution in [1.29, 1.82) is 0 Å². The van der Waals surface area contributed by atoms with Crippen molar-refractivity contribution in [3.63, 3.8) is 0 Å². The Morgan fingerprint density at radius 3 is 2.28 bits per heavy atom. The molecule has 1 saturated heterocycles. The van der Waals surface area contributed by atoms with Crippen molar-refractivity contribution in [2.24, 2.45) is 0 Å². The third kappa shape index (κ3) is 5.88. The van der Waals surface area contributed by atoms with E-state index in [9.17, 15) is 13.2 Å². The average Bonchev–Trinajstić information content (AvgIpc) is 2.75. The Balaban J connectivity index is 1.52. The van der Waals surface area contributed by atoms with Gasteiger partial charge in [-0.1, -0.05) is 29.8 Å². The molecule has 2 aromatic rings. The second-order valence-electron chi connectivity index (χ2n) is 8.30. The van der Waals surface area contributed by atoms with Crippen LogP contribution in [-0.4, -0.2) is 74.8 Å². The maximum Gasteiger partial charge on any atom is 0.243 e.